The standard InChI is InChI=1S/C24H17FN8S/c1-11(2)33-13-5-12(6-26-7-13)21-20(25)19-15(10-28-21)31-32-23(19)24-29-16-9-27-8-14(22(16)30-24)17-3-4-18(33)34-17/h3-11H,1-2H3,(H,29,30)(H,31,32). The maximum absolute atomic E-state index is 16.0. The lowest BCUT2D eigenvalue weighted by molar-refractivity contribution is 0.640. The first-order valence-electron chi connectivity index (χ1n) is 10.8. The molecule has 7 rings (SSSR count). The molecule has 34 heavy (non-hydrogen) atoms. The van der Waals surface area contributed by atoms with E-state index in [2.05, 4.69) is 60.7 Å². The minimum atomic E-state index is -0.470. The number of hydrogen-bond acceptors (Lipinski definition) is 6. The molecule has 0 aliphatic heterocycles. The highest BCUT2D eigenvalue weighted by molar-refractivity contribution is 7.23. The van der Waals surface area contributed by atoms with Gasteiger partial charge in [-0.05, 0) is 32.0 Å². The molecule has 0 spiro atoms. The molecule has 2 N–H and O–H groups in total. The Morgan fingerprint density at radius 2 is 1.85 bits per heavy atom. The highest BCUT2D eigenvalue weighted by Crippen LogP contribution is 2.32. The lowest BCUT2D eigenvalue weighted by Gasteiger charge is -2.12. The van der Waals surface area contributed by atoms with Crippen LogP contribution in [0, 0.1) is 5.82 Å². The fourth-order valence-corrected chi connectivity index (χ4v) is 5.72. The Morgan fingerprint density at radius 3 is 2.74 bits per heavy atom. The molecule has 0 saturated heterocycles. The van der Waals surface area contributed by atoms with Crippen LogP contribution in [-0.4, -0.2) is 39.7 Å². The van der Waals surface area contributed by atoms with Crippen molar-refractivity contribution in [1.29, 1.82) is 0 Å². The van der Waals surface area contributed by atoms with Crippen LogP contribution in [0.5, 0.6) is 0 Å². The zero-order chi connectivity index (χ0) is 23.0. The summed E-state index contributed by atoms with van der Waals surface area (Å²) in [5, 5.41) is 9.09. The zero-order valence-electron chi connectivity index (χ0n) is 18.2. The Balaban J connectivity index is 1.83. The number of halogens is 1. The number of imidazole rings is 1. The Hall–Kier alpha value is -4.18. The molecule has 0 unspecified atom stereocenters. The van der Waals surface area contributed by atoms with Gasteiger partial charge in [0.1, 0.15) is 16.6 Å². The van der Waals surface area contributed by atoms with E-state index in [1.165, 1.54) is 0 Å². The number of aromatic amines is 2. The van der Waals surface area contributed by atoms with Crippen LogP contribution >= 0.6 is 11.3 Å². The number of nitrogens with zero attached hydrogens (tertiary/aromatic N) is 6. The summed E-state index contributed by atoms with van der Waals surface area (Å²) >= 11 is 1.65. The van der Waals surface area contributed by atoms with Gasteiger partial charge >= 0.3 is 0 Å². The first-order valence-corrected chi connectivity index (χ1v) is 11.6. The van der Waals surface area contributed by atoms with Gasteiger partial charge in [-0.15, -0.1) is 11.3 Å². The van der Waals surface area contributed by atoms with Gasteiger partial charge in [0.05, 0.1) is 45.4 Å². The van der Waals surface area contributed by atoms with E-state index in [0.29, 0.717) is 27.5 Å². The largest absolute Gasteiger partial charge is 0.335 e. The fraction of sp³-hybridized carbons (Fsp3) is 0.125. The molecular formula is C24H17FN8S. The van der Waals surface area contributed by atoms with E-state index in [9.17, 15) is 0 Å². The van der Waals surface area contributed by atoms with Crippen LogP contribution in [0.15, 0.2) is 49.2 Å². The van der Waals surface area contributed by atoms with Crippen molar-refractivity contribution in [3.8, 4) is 0 Å². The Morgan fingerprint density at radius 1 is 0.971 bits per heavy atom. The van der Waals surface area contributed by atoms with Crippen LogP contribution in [0.4, 0.5) is 4.39 Å². The smallest absolute Gasteiger partial charge is 0.161 e. The molecule has 7 heterocycles. The van der Waals surface area contributed by atoms with Crippen LogP contribution in [0.2, 0.25) is 0 Å². The molecule has 0 aromatic carbocycles. The Kier molecular flexibility index (Phi) is 3.92. The van der Waals surface area contributed by atoms with Crippen LogP contribution in [0.3, 0.4) is 0 Å². The first kappa shape index (κ1) is 19.3. The van der Waals surface area contributed by atoms with Crippen molar-refractivity contribution in [3.05, 3.63) is 55.0 Å². The van der Waals surface area contributed by atoms with Gasteiger partial charge in [0.25, 0.3) is 0 Å². The number of nitrogens with one attached hydrogen (secondary N) is 2. The van der Waals surface area contributed by atoms with Crippen molar-refractivity contribution >= 4 is 75.8 Å². The van der Waals surface area contributed by atoms with Gasteiger partial charge in [0.15, 0.2) is 11.5 Å². The average Bonchev–Trinajstić information content (AvgIpc) is 3.56. The maximum Gasteiger partial charge on any atom is 0.161 e. The monoisotopic (exact) mass is 468 g/mol. The lowest BCUT2D eigenvalue weighted by Crippen LogP contribution is -2.01. The predicted molar refractivity (Wildman–Crippen MR) is 133 cm³/mol. The summed E-state index contributed by atoms with van der Waals surface area (Å²) in [6.45, 7) is 4.23. The van der Waals surface area contributed by atoms with E-state index in [4.69, 9.17) is 4.98 Å². The van der Waals surface area contributed by atoms with Gasteiger partial charge in [0.2, 0.25) is 0 Å². The van der Waals surface area contributed by atoms with Crippen molar-refractivity contribution < 1.29 is 4.39 Å². The molecule has 0 saturated carbocycles. The normalized spacial score (nSPS) is 12.2. The van der Waals surface area contributed by atoms with E-state index in [1.54, 1.807) is 36.1 Å². The summed E-state index contributed by atoms with van der Waals surface area (Å²) in [4.78, 5) is 22.4. The number of H-pyrrole nitrogens is 2. The molecule has 166 valence electrons. The van der Waals surface area contributed by atoms with Gasteiger partial charge in [-0.2, -0.15) is 5.10 Å². The van der Waals surface area contributed by atoms with Crippen molar-refractivity contribution in [2.45, 2.75) is 19.9 Å². The summed E-state index contributed by atoms with van der Waals surface area (Å²) < 4.78 is 19.2. The van der Waals surface area contributed by atoms with Gasteiger partial charge in [-0.3, -0.25) is 20.1 Å². The quantitative estimate of drug-likeness (QED) is 0.310. The lowest BCUT2D eigenvalue weighted by atomic mass is 10.2. The highest BCUT2D eigenvalue weighted by Gasteiger charge is 2.16. The van der Waals surface area contributed by atoms with Crippen LogP contribution in [0.1, 0.15) is 19.9 Å². The molecule has 7 aromatic heterocycles. The molecule has 8 bridgehead atoms. The number of hydrogen-bond donors (Lipinski definition) is 2. The number of pyridine rings is 3. The Labute approximate surface area is 194 Å². The van der Waals surface area contributed by atoms with Crippen LogP contribution in [0.25, 0.3) is 64.4 Å². The fourth-order valence-electron chi connectivity index (χ4n) is 4.54. The number of thiophene rings is 1. The van der Waals surface area contributed by atoms with Crippen LogP contribution in [-0.2, 0) is 0 Å². The van der Waals surface area contributed by atoms with E-state index in [0.717, 1.165) is 31.5 Å². The van der Waals surface area contributed by atoms with Gasteiger partial charge in [-0.25, -0.2) is 9.37 Å². The minimum Gasteiger partial charge on any atom is -0.335 e. The van der Waals surface area contributed by atoms with Gasteiger partial charge in [0, 0.05) is 33.9 Å². The van der Waals surface area contributed by atoms with Crippen LogP contribution < -0.4 is 0 Å². The molecule has 0 aliphatic carbocycles. The predicted octanol–water partition coefficient (Wildman–Crippen LogP) is 5.94. The van der Waals surface area contributed by atoms with Crippen molar-refractivity contribution in [1.82, 2.24) is 39.7 Å². The van der Waals surface area contributed by atoms with Gasteiger partial charge in [-0.1, -0.05) is 0 Å². The molecule has 0 amide bonds. The summed E-state index contributed by atoms with van der Waals surface area (Å²) in [6.07, 6.45) is 8.56. The summed E-state index contributed by atoms with van der Waals surface area (Å²) in [7, 11) is 0. The maximum atomic E-state index is 16.0. The average molecular weight is 469 g/mol. The third-order valence-electron chi connectivity index (χ3n) is 6.05. The third kappa shape index (κ3) is 2.65. The summed E-state index contributed by atoms with van der Waals surface area (Å²) in [5.41, 5.74) is 3.96. The summed E-state index contributed by atoms with van der Waals surface area (Å²) in [6, 6.07) is 6.24. The molecule has 7 aromatic rings. The minimum absolute atomic E-state index is 0.144. The second-order valence-electron chi connectivity index (χ2n) is 8.48. The molecule has 0 radical (unpaired) electrons. The van der Waals surface area contributed by atoms with E-state index >= 15 is 4.39 Å². The van der Waals surface area contributed by atoms with E-state index < -0.39 is 5.82 Å². The molecular weight excluding hydrogens is 451 g/mol. The van der Waals surface area contributed by atoms with E-state index in [-0.39, 0.29) is 11.6 Å². The molecule has 10 heteroatoms. The number of aromatic nitrogens is 8. The van der Waals surface area contributed by atoms with Crippen molar-refractivity contribution in [2.75, 3.05) is 0 Å². The van der Waals surface area contributed by atoms with E-state index in [1.807, 2.05) is 12.3 Å². The second kappa shape index (κ2) is 6.91. The molecule has 0 atom stereocenters. The second-order valence-corrected chi connectivity index (χ2v) is 9.55. The first-order chi connectivity index (χ1) is 16.6. The molecule has 0 aliphatic rings. The highest BCUT2D eigenvalue weighted by atomic mass is 32.1. The van der Waals surface area contributed by atoms with Crippen molar-refractivity contribution in [3.63, 3.8) is 0 Å². The van der Waals surface area contributed by atoms with Gasteiger partial charge < -0.3 is 9.55 Å². The summed E-state index contributed by atoms with van der Waals surface area (Å²) in [5.74, 6) is -0.470. The molecule has 8 nitrogen and oxygen atoms in total. The number of rotatable bonds is 1. The van der Waals surface area contributed by atoms with Crippen molar-refractivity contribution in [2.24, 2.45) is 0 Å². The zero-order valence-corrected chi connectivity index (χ0v) is 19.0. The Bertz CT molecular complexity index is 1980. The SMILES string of the molecule is CC(C)n1c2cncc(c2)c2ncc3[nH]nc(c4nc5c(cncc5c5ccc1s5)[nH]4)c3c2F. The molecule has 0 fully saturated rings. The topological polar surface area (TPSA) is 101 Å². The third-order valence-corrected chi connectivity index (χ3v) is 7.17. The number of fused-ring (bicyclic) bond motifs is 9.